The molecule has 0 aliphatic heterocycles. The lowest BCUT2D eigenvalue weighted by molar-refractivity contribution is 0.414. The topological polar surface area (TPSA) is 48.1 Å². The zero-order valence-electron chi connectivity index (χ0n) is 12.0. The van der Waals surface area contributed by atoms with Gasteiger partial charge in [0.25, 0.3) is 0 Å². The average molecular weight is 298 g/mol. The van der Waals surface area contributed by atoms with Crippen LogP contribution in [0.5, 0.6) is 5.75 Å². The van der Waals surface area contributed by atoms with Gasteiger partial charge in [0.15, 0.2) is 0 Å². The molecular formula is C17H18N2OS. The summed E-state index contributed by atoms with van der Waals surface area (Å²) in [6, 6.07) is 16.4. The number of aromatic nitrogens is 1. The maximum absolute atomic E-state index is 5.97. The Hall–Kier alpha value is -1.91. The zero-order valence-corrected chi connectivity index (χ0v) is 12.8. The van der Waals surface area contributed by atoms with Crippen molar-refractivity contribution in [3.05, 3.63) is 59.1 Å². The average Bonchev–Trinajstić information content (AvgIpc) is 2.97. The van der Waals surface area contributed by atoms with E-state index in [4.69, 9.17) is 15.5 Å². The number of thiazole rings is 1. The summed E-state index contributed by atoms with van der Waals surface area (Å²) >= 11 is 1.74. The number of hydrogen-bond donors (Lipinski definition) is 1. The Morgan fingerprint density at radius 1 is 1.14 bits per heavy atom. The van der Waals surface area contributed by atoms with Crippen LogP contribution in [0.1, 0.15) is 16.5 Å². The van der Waals surface area contributed by atoms with Crippen LogP contribution in [0.15, 0.2) is 48.5 Å². The van der Waals surface area contributed by atoms with Crippen molar-refractivity contribution in [2.24, 2.45) is 5.73 Å². The summed E-state index contributed by atoms with van der Waals surface area (Å²) in [5, 5.41) is 1.12. The van der Waals surface area contributed by atoms with E-state index in [-0.39, 0.29) is 5.92 Å². The Kier molecular flexibility index (Phi) is 4.18. The van der Waals surface area contributed by atoms with E-state index in [0.29, 0.717) is 6.54 Å². The van der Waals surface area contributed by atoms with E-state index in [1.165, 1.54) is 10.3 Å². The Labute approximate surface area is 128 Å². The molecule has 0 saturated heterocycles. The molecule has 0 aliphatic carbocycles. The molecule has 1 aromatic heterocycles. The molecule has 0 radical (unpaired) electrons. The molecular weight excluding hydrogens is 280 g/mol. The summed E-state index contributed by atoms with van der Waals surface area (Å²) < 4.78 is 6.41. The molecule has 0 saturated carbocycles. The number of benzene rings is 2. The van der Waals surface area contributed by atoms with Gasteiger partial charge in [-0.15, -0.1) is 11.3 Å². The highest BCUT2D eigenvalue weighted by Gasteiger charge is 2.15. The van der Waals surface area contributed by atoms with Crippen LogP contribution in [-0.2, 0) is 6.42 Å². The van der Waals surface area contributed by atoms with Gasteiger partial charge in [0.05, 0.1) is 22.3 Å². The number of nitrogens with zero attached hydrogens (tertiary/aromatic N) is 1. The molecule has 2 N–H and O–H groups in total. The third-order valence-corrected chi connectivity index (χ3v) is 4.78. The third kappa shape index (κ3) is 3.06. The molecule has 4 heteroatoms. The molecule has 1 atom stereocenters. The second-order valence-electron chi connectivity index (χ2n) is 5.00. The summed E-state index contributed by atoms with van der Waals surface area (Å²) in [4.78, 5) is 4.73. The molecule has 21 heavy (non-hydrogen) atoms. The van der Waals surface area contributed by atoms with E-state index in [2.05, 4.69) is 24.3 Å². The molecule has 2 aromatic carbocycles. The fraction of sp³-hybridized carbons (Fsp3) is 0.235. The summed E-state index contributed by atoms with van der Waals surface area (Å²) in [7, 11) is 1.68. The molecule has 0 bridgehead atoms. The van der Waals surface area contributed by atoms with Crippen molar-refractivity contribution < 1.29 is 4.74 Å². The molecule has 0 amide bonds. The Morgan fingerprint density at radius 3 is 2.57 bits per heavy atom. The highest BCUT2D eigenvalue weighted by Crippen LogP contribution is 2.29. The lowest BCUT2D eigenvalue weighted by Crippen LogP contribution is -2.14. The molecule has 3 rings (SSSR count). The number of fused-ring (bicyclic) bond motifs is 1. The molecule has 3 aromatic rings. The maximum atomic E-state index is 5.97. The van der Waals surface area contributed by atoms with Gasteiger partial charge in [0.1, 0.15) is 5.75 Å². The van der Waals surface area contributed by atoms with Crippen molar-refractivity contribution in [1.29, 1.82) is 0 Å². The molecule has 1 unspecified atom stereocenters. The van der Waals surface area contributed by atoms with Crippen molar-refractivity contribution in [1.82, 2.24) is 4.98 Å². The van der Waals surface area contributed by atoms with Gasteiger partial charge in [-0.1, -0.05) is 24.3 Å². The van der Waals surface area contributed by atoms with E-state index in [1.807, 2.05) is 24.3 Å². The highest BCUT2D eigenvalue weighted by molar-refractivity contribution is 7.18. The SMILES string of the molecule is COc1ccc(CC(CN)c2nc3ccccc3s2)cc1. The van der Waals surface area contributed by atoms with Crippen molar-refractivity contribution >= 4 is 21.6 Å². The second-order valence-corrected chi connectivity index (χ2v) is 6.07. The number of nitrogens with two attached hydrogens (primary N) is 1. The molecule has 0 fully saturated rings. The van der Waals surface area contributed by atoms with E-state index in [0.717, 1.165) is 22.7 Å². The van der Waals surface area contributed by atoms with Crippen LogP contribution in [-0.4, -0.2) is 18.6 Å². The molecule has 3 nitrogen and oxygen atoms in total. The standard InChI is InChI=1S/C17H18N2OS/c1-20-14-8-6-12(7-9-14)10-13(11-18)17-19-15-4-2-3-5-16(15)21-17/h2-9,13H,10-11,18H2,1H3. The van der Waals surface area contributed by atoms with Crippen molar-refractivity contribution in [2.45, 2.75) is 12.3 Å². The molecule has 108 valence electrons. The van der Waals surface area contributed by atoms with Crippen LogP contribution in [0.2, 0.25) is 0 Å². The van der Waals surface area contributed by atoms with Crippen molar-refractivity contribution in [3.8, 4) is 5.75 Å². The first-order chi connectivity index (χ1) is 10.3. The summed E-state index contributed by atoms with van der Waals surface area (Å²) in [6.45, 7) is 0.603. The zero-order chi connectivity index (χ0) is 14.7. The van der Waals surface area contributed by atoms with E-state index in [9.17, 15) is 0 Å². The van der Waals surface area contributed by atoms with E-state index >= 15 is 0 Å². The van der Waals surface area contributed by atoms with Gasteiger partial charge in [-0.3, -0.25) is 0 Å². The van der Waals surface area contributed by atoms with Crippen LogP contribution >= 0.6 is 11.3 Å². The summed E-state index contributed by atoms with van der Waals surface area (Å²) in [6.07, 6.45) is 0.903. The number of ether oxygens (including phenoxy) is 1. The Balaban J connectivity index is 1.83. The van der Waals surface area contributed by atoms with Crippen molar-refractivity contribution in [2.75, 3.05) is 13.7 Å². The van der Waals surface area contributed by atoms with Gasteiger partial charge < -0.3 is 10.5 Å². The second kappa shape index (κ2) is 6.24. The smallest absolute Gasteiger partial charge is 0.118 e. The predicted molar refractivity (Wildman–Crippen MR) is 88.1 cm³/mol. The first-order valence-electron chi connectivity index (χ1n) is 6.98. The van der Waals surface area contributed by atoms with E-state index < -0.39 is 0 Å². The monoisotopic (exact) mass is 298 g/mol. The highest BCUT2D eigenvalue weighted by atomic mass is 32.1. The number of para-hydroxylation sites is 1. The largest absolute Gasteiger partial charge is 0.497 e. The van der Waals surface area contributed by atoms with E-state index in [1.54, 1.807) is 18.4 Å². The van der Waals surface area contributed by atoms with Crippen molar-refractivity contribution in [3.63, 3.8) is 0 Å². The van der Waals surface area contributed by atoms with Crippen LogP contribution in [0, 0.1) is 0 Å². The van der Waals surface area contributed by atoms with Gasteiger partial charge in [-0.25, -0.2) is 4.98 Å². The molecule has 1 heterocycles. The normalized spacial score (nSPS) is 12.5. The molecule has 0 aliphatic rings. The lowest BCUT2D eigenvalue weighted by Gasteiger charge is -2.12. The van der Waals surface area contributed by atoms with Gasteiger partial charge in [0.2, 0.25) is 0 Å². The van der Waals surface area contributed by atoms with Gasteiger partial charge >= 0.3 is 0 Å². The fourth-order valence-corrected chi connectivity index (χ4v) is 3.46. The van der Waals surface area contributed by atoms with Gasteiger partial charge in [0, 0.05) is 12.5 Å². The number of methoxy groups -OCH3 is 1. The summed E-state index contributed by atoms with van der Waals surface area (Å²) in [5.41, 5.74) is 8.29. The minimum Gasteiger partial charge on any atom is -0.497 e. The first kappa shape index (κ1) is 14.0. The summed E-state index contributed by atoms with van der Waals surface area (Å²) in [5.74, 6) is 1.14. The minimum absolute atomic E-state index is 0.260. The van der Waals surface area contributed by atoms with Gasteiger partial charge in [-0.05, 0) is 36.2 Å². The minimum atomic E-state index is 0.260. The Morgan fingerprint density at radius 2 is 1.90 bits per heavy atom. The predicted octanol–water partition coefficient (Wildman–Crippen LogP) is 3.59. The van der Waals surface area contributed by atoms with Crippen LogP contribution in [0.25, 0.3) is 10.2 Å². The lowest BCUT2D eigenvalue weighted by atomic mass is 10.00. The van der Waals surface area contributed by atoms with Crippen LogP contribution in [0.4, 0.5) is 0 Å². The number of rotatable bonds is 5. The number of hydrogen-bond acceptors (Lipinski definition) is 4. The quantitative estimate of drug-likeness (QED) is 0.783. The fourth-order valence-electron chi connectivity index (χ4n) is 2.38. The Bertz CT molecular complexity index is 688. The first-order valence-corrected chi connectivity index (χ1v) is 7.80. The van der Waals surface area contributed by atoms with Crippen LogP contribution < -0.4 is 10.5 Å². The molecule has 0 spiro atoms. The van der Waals surface area contributed by atoms with Crippen LogP contribution in [0.3, 0.4) is 0 Å². The third-order valence-electron chi connectivity index (χ3n) is 3.59. The maximum Gasteiger partial charge on any atom is 0.118 e. The van der Waals surface area contributed by atoms with Gasteiger partial charge in [-0.2, -0.15) is 0 Å².